The van der Waals surface area contributed by atoms with Crippen molar-refractivity contribution in [3.05, 3.63) is 34.9 Å². The summed E-state index contributed by atoms with van der Waals surface area (Å²) in [6, 6.07) is 7.12. The molecule has 0 aliphatic rings. The molecule has 3 nitrogen and oxygen atoms in total. The Morgan fingerprint density at radius 1 is 1.40 bits per heavy atom. The number of hydrogen-bond donors (Lipinski definition) is 2. The minimum Gasteiger partial charge on any atom is -0.350 e. The van der Waals surface area contributed by atoms with E-state index in [1.165, 1.54) is 0 Å². The first-order valence-corrected chi connectivity index (χ1v) is 6.65. The van der Waals surface area contributed by atoms with E-state index < -0.39 is 30.3 Å². The van der Waals surface area contributed by atoms with Gasteiger partial charge in [0.2, 0.25) is 5.91 Å². The molecule has 0 atom stereocenters. The van der Waals surface area contributed by atoms with Gasteiger partial charge in [0.15, 0.2) is 0 Å². The van der Waals surface area contributed by atoms with Crippen molar-refractivity contribution >= 4 is 17.5 Å². The van der Waals surface area contributed by atoms with Crippen molar-refractivity contribution in [1.82, 2.24) is 5.32 Å². The molecule has 0 saturated carbocycles. The molecule has 0 radical (unpaired) electrons. The van der Waals surface area contributed by atoms with E-state index in [0.29, 0.717) is 11.4 Å². The van der Waals surface area contributed by atoms with Crippen molar-refractivity contribution in [2.24, 2.45) is 11.1 Å². The van der Waals surface area contributed by atoms with E-state index in [2.05, 4.69) is 5.32 Å². The number of halogens is 3. The lowest BCUT2D eigenvalue weighted by Crippen LogP contribution is -2.46. The maximum absolute atomic E-state index is 13.0. The van der Waals surface area contributed by atoms with Gasteiger partial charge >= 0.3 is 0 Å². The number of carbonyl (C=O) groups is 1. The molecule has 1 rings (SSSR count). The fourth-order valence-corrected chi connectivity index (χ4v) is 1.97. The first kappa shape index (κ1) is 16.9. The summed E-state index contributed by atoms with van der Waals surface area (Å²) in [7, 11) is 0. The van der Waals surface area contributed by atoms with E-state index in [-0.39, 0.29) is 0 Å². The zero-order chi connectivity index (χ0) is 15.4. The molecule has 0 saturated heterocycles. The molecule has 3 N–H and O–H groups in total. The van der Waals surface area contributed by atoms with Crippen LogP contribution in [0.1, 0.15) is 19.4 Å². The molecule has 0 aliphatic heterocycles. The molecule has 6 heteroatoms. The lowest BCUT2D eigenvalue weighted by molar-refractivity contribution is -0.131. The van der Waals surface area contributed by atoms with Gasteiger partial charge in [0, 0.05) is 10.4 Å². The second-order valence-electron chi connectivity index (χ2n) is 5.43. The molecular weight excluding hydrogens is 286 g/mol. The third kappa shape index (κ3) is 5.06. The average Bonchev–Trinajstić information content (AvgIpc) is 2.35. The van der Waals surface area contributed by atoms with Crippen LogP contribution in [0, 0.1) is 5.41 Å². The summed E-state index contributed by atoms with van der Waals surface area (Å²) in [6.45, 7) is 1.86. The van der Waals surface area contributed by atoms with E-state index >= 15 is 0 Å². The summed E-state index contributed by atoms with van der Waals surface area (Å²) in [6.07, 6.45) is 0.410. The van der Waals surface area contributed by atoms with Gasteiger partial charge in [-0.2, -0.15) is 0 Å². The monoisotopic (exact) mass is 304 g/mol. The Kier molecular flexibility index (Phi) is 5.48. The summed E-state index contributed by atoms with van der Waals surface area (Å²) in [5.41, 5.74) is 4.99. The lowest BCUT2D eigenvalue weighted by Gasteiger charge is -2.25. The number of rotatable bonds is 6. The van der Waals surface area contributed by atoms with Crippen LogP contribution in [0.2, 0.25) is 5.02 Å². The molecular formula is C14H19ClF2N2O. The zero-order valence-electron chi connectivity index (χ0n) is 11.6. The maximum Gasteiger partial charge on any atom is 0.277 e. The normalized spacial score (nSPS) is 12.3. The van der Waals surface area contributed by atoms with Crippen molar-refractivity contribution < 1.29 is 13.6 Å². The molecule has 0 heterocycles. The highest BCUT2D eigenvalue weighted by atomic mass is 35.5. The maximum atomic E-state index is 13.0. The number of amides is 1. The minimum atomic E-state index is -3.08. The smallest absolute Gasteiger partial charge is 0.277 e. The lowest BCUT2D eigenvalue weighted by atomic mass is 9.85. The highest BCUT2D eigenvalue weighted by Gasteiger charge is 2.32. The fraction of sp³-hybridized carbons (Fsp3) is 0.500. The number of benzene rings is 1. The van der Waals surface area contributed by atoms with Crippen LogP contribution in [-0.4, -0.2) is 24.9 Å². The Hall–Kier alpha value is -1.20. The van der Waals surface area contributed by atoms with Crippen LogP contribution in [0.5, 0.6) is 0 Å². The number of nitrogens with two attached hydrogens (primary N) is 1. The molecule has 1 aromatic carbocycles. The number of carbonyl (C=O) groups excluding carboxylic acids is 1. The molecule has 20 heavy (non-hydrogen) atoms. The van der Waals surface area contributed by atoms with Gasteiger partial charge in [-0.15, -0.1) is 0 Å². The summed E-state index contributed by atoms with van der Waals surface area (Å²) < 4.78 is 26.0. The van der Waals surface area contributed by atoms with Crippen molar-refractivity contribution in [2.45, 2.75) is 26.2 Å². The number of nitrogens with one attached hydrogen (secondary N) is 1. The van der Waals surface area contributed by atoms with E-state index in [0.717, 1.165) is 5.56 Å². The quantitative estimate of drug-likeness (QED) is 0.849. The molecule has 0 spiro atoms. The molecule has 112 valence electrons. The van der Waals surface area contributed by atoms with Crippen LogP contribution in [0.25, 0.3) is 0 Å². The first-order chi connectivity index (χ1) is 9.16. The summed E-state index contributed by atoms with van der Waals surface area (Å²) in [5.74, 6) is -3.52. The third-order valence-electron chi connectivity index (χ3n) is 2.96. The van der Waals surface area contributed by atoms with Gasteiger partial charge in [-0.1, -0.05) is 37.6 Å². The van der Waals surface area contributed by atoms with Gasteiger partial charge in [-0.25, -0.2) is 8.78 Å². The van der Waals surface area contributed by atoms with Crippen LogP contribution in [-0.2, 0) is 11.2 Å². The molecule has 0 bridgehead atoms. The molecule has 1 amide bonds. The Morgan fingerprint density at radius 2 is 2.05 bits per heavy atom. The second-order valence-corrected chi connectivity index (χ2v) is 5.87. The molecule has 0 aromatic heterocycles. The Bertz CT molecular complexity index is 478. The van der Waals surface area contributed by atoms with E-state index in [9.17, 15) is 13.6 Å². The summed E-state index contributed by atoms with van der Waals surface area (Å²) >= 11 is 5.88. The molecule has 1 aromatic rings. The zero-order valence-corrected chi connectivity index (χ0v) is 12.3. The SMILES string of the molecule is CC(C)(Cc1cccc(Cl)c1)C(=O)NCC(F)(F)CN. The van der Waals surface area contributed by atoms with Gasteiger partial charge < -0.3 is 11.1 Å². The standard InChI is InChI=1S/C14H19ClF2N2O/c1-13(2,7-10-4-3-5-11(15)6-10)12(20)19-9-14(16,17)8-18/h3-6H,7-9,18H2,1-2H3,(H,19,20). The highest BCUT2D eigenvalue weighted by Crippen LogP contribution is 2.24. The minimum absolute atomic E-state index is 0.410. The summed E-state index contributed by atoms with van der Waals surface area (Å²) in [5, 5.41) is 2.82. The van der Waals surface area contributed by atoms with Gasteiger partial charge in [-0.05, 0) is 24.1 Å². The summed E-state index contributed by atoms with van der Waals surface area (Å²) in [4.78, 5) is 12.0. The fourth-order valence-electron chi connectivity index (χ4n) is 1.76. The molecule has 0 unspecified atom stereocenters. The number of hydrogen-bond acceptors (Lipinski definition) is 2. The van der Waals surface area contributed by atoms with Crippen LogP contribution < -0.4 is 11.1 Å². The van der Waals surface area contributed by atoms with E-state index in [1.54, 1.807) is 32.0 Å². The van der Waals surface area contributed by atoms with Crippen LogP contribution in [0.3, 0.4) is 0 Å². The predicted molar refractivity (Wildman–Crippen MR) is 75.9 cm³/mol. The second kappa shape index (κ2) is 6.50. The topological polar surface area (TPSA) is 55.1 Å². The Balaban J connectivity index is 2.66. The van der Waals surface area contributed by atoms with E-state index in [4.69, 9.17) is 17.3 Å². The van der Waals surface area contributed by atoms with Crippen molar-refractivity contribution in [1.29, 1.82) is 0 Å². The average molecular weight is 305 g/mol. The Labute approximate surface area is 122 Å². The Morgan fingerprint density at radius 3 is 2.60 bits per heavy atom. The van der Waals surface area contributed by atoms with Crippen LogP contribution in [0.4, 0.5) is 8.78 Å². The van der Waals surface area contributed by atoms with Gasteiger partial charge in [0.1, 0.15) is 0 Å². The van der Waals surface area contributed by atoms with Crippen LogP contribution in [0.15, 0.2) is 24.3 Å². The van der Waals surface area contributed by atoms with Gasteiger partial charge in [0.25, 0.3) is 5.92 Å². The highest BCUT2D eigenvalue weighted by molar-refractivity contribution is 6.30. The van der Waals surface area contributed by atoms with Gasteiger partial charge in [0.05, 0.1) is 13.1 Å². The molecule has 0 fully saturated rings. The van der Waals surface area contributed by atoms with Crippen LogP contribution >= 0.6 is 11.6 Å². The van der Waals surface area contributed by atoms with Crippen molar-refractivity contribution in [2.75, 3.05) is 13.1 Å². The predicted octanol–water partition coefficient (Wildman–Crippen LogP) is 2.62. The number of alkyl halides is 2. The van der Waals surface area contributed by atoms with E-state index in [1.807, 2.05) is 6.07 Å². The van der Waals surface area contributed by atoms with Crippen molar-refractivity contribution in [3.63, 3.8) is 0 Å². The third-order valence-corrected chi connectivity index (χ3v) is 3.19. The molecule has 0 aliphatic carbocycles. The largest absolute Gasteiger partial charge is 0.350 e. The van der Waals surface area contributed by atoms with Gasteiger partial charge in [-0.3, -0.25) is 4.79 Å². The first-order valence-electron chi connectivity index (χ1n) is 6.27. The van der Waals surface area contributed by atoms with Crippen molar-refractivity contribution in [3.8, 4) is 0 Å².